The quantitative estimate of drug-likeness (QED) is 0.551. The van der Waals surface area contributed by atoms with E-state index >= 15 is 0 Å². The van der Waals surface area contributed by atoms with Gasteiger partial charge in [0.05, 0.1) is 11.8 Å². The highest BCUT2D eigenvalue weighted by Gasteiger charge is 2.29. The minimum absolute atomic E-state index is 0.183. The number of hydrazone groups is 1. The fourth-order valence-corrected chi connectivity index (χ4v) is 3.54. The van der Waals surface area contributed by atoms with Crippen LogP contribution in [-0.4, -0.2) is 24.7 Å². The summed E-state index contributed by atoms with van der Waals surface area (Å²) >= 11 is 3.32. The first-order valence-electron chi connectivity index (χ1n) is 8.55. The van der Waals surface area contributed by atoms with Crippen LogP contribution in [0.1, 0.15) is 42.3 Å². The smallest absolute Gasteiger partial charge is 0.271 e. The number of allylic oxidation sites excluding steroid dienone is 1. The molecule has 1 aliphatic rings. The normalized spacial score (nSPS) is 15.5. The van der Waals surface area contributed by atoms with Crippen molar-refractivity contribution in [2.75, 3.05) is 11.9 Å². The number of anilines is 1. The zero-order chi connectivity index (χ0) is 19.8. The van der Waals surface area contributed by atoms with Crippen molar-refractivity contribution in [3.8, 4) is 0 Å². The Kier molecular flexibility index (Phi) is 5.20. The first-order chi connectivity index (χ1) is 12.7. The Labute approximate surface area is 166 Å². The Bertz CT molecular complexity index is 966. The number of fused-ring (bicyclic) bond motifs is 1. The van der Waals surface area contributed by atoms with Crippen LogP contribution in [0, 0.1) is 5.82 Å². The van der Waals surface area contributed by atoms with E-state index in [1.54, 1.807) is 24.3 Å². The number of benzene rings is 2. The van der Waals surface area contributed by atoms with Gasteiger partial charge in [0.2, 0.25) is 0 Å². The van der Waals surface area contributed by atoms with Crippen LogP contribution in [0.4, 0.5) is 10.1 Å². The number of hydrogen-bond donors (Lipinski definition) is 1. The molecule has 1 aliphatic heterocycles. The SMILES string of the molecule is CC1=CC(C)(C)N(C)c2cc(F)c(/C=N\NC(=O)c3cccc(Br)c3)cc21. The highest BCUT2D eigenvalue weighted by Crippen LogP contribution is 2.38. The molecular weight excluding hydrogens is 409 g/mol. The predicted octanol–water partition coefficient (Wildman–Crippen LogP) is 4.98. The molecule has 0 saturated carbocycles. The maximum Gasteiger partial charge on any atom is 0.271 e. The van der Waals surface area contributed by atoms with Gasteiger partial charge in [-0.1, -0.05) is 28.1 Å². The molecule has 0 saturated heterocycles. The van der Waals surface area contributed by atoms with Crippen molar-refractivity contribution in [3.63, 3.8) is 0 Å². The number of halogens is 2. The topological polar surface area (TPSA) is 44.7 Å². The molecule has 0 spiro atoms. The predicted molar refractivity (Wildman–Crippen MR) is 112 cm³/mol. The summed E-state index contributed by atoms with van der Waals surface area (Å²) < 4.78 is 15.4. The Morgan fingerprint density at radius 2 is 2.04 bits per heavy atom. The monoisotopic (exact) mass is 429 g/mol. The van der Waals surface area contributed by atoms with Crippen molar-refractivity contribution < 1.29 is 9.18 Å². The molecule has 4 nitrogen and oxygen atoms in total. The molecular formula is C21H21BrFN3O. The van der Waals surface area contributed by atoms with Gasteiger partial charge in [-0.05, 0) is 56.7 Å². The van der Waals surface area contributed by atoms with E-state index in [4.69, 9.17) is 0 Å². The molecule has 0 unspecified atom stereocenters. The van der Waals surface area contributed by atoms with Crippen LogP contribution in [0.25, 0.3) is 5.57 Å². The van der Waals surface area contributed by atoms with Gasteiger partial charge in [0.15, 0.2) is 0 Å². The summed E-state index contributed by atoms with van der Waals surface area (Å²) in [5.74, 6) is -0.741. The molecule has 3 rings (SSSR count). The maximum absolute atomic E-state index is 14.6. The van der Waals surface area contributed by atoms with Gasteiger partial charge in [-0.25, -0.2) is 9.82 Å². The fourth-order valence-electron chi connectivity index (χ4n) is 3.14. The fraction of sp³-hybridized carbons (Fsp3) is 0.238. The number of hydrogen-bond acceptors (Lipinski definition) is 3. The van der Waals surface area contributed by atoms with Gasteiger partial charge in [-0.2, -0.15) is 5.10 Å². The first kappa shape index (κ1) is 19.3. The summed E-state index contributed by atoms with van der Waals surface area (Å²) in [5.41, 5.74) is 5.92. The standard InChI is InChI=1S/C21H21BrFN3O/c1-13-11-21(2,3)26(4)19-10-18(23)15(9-17(13)19)12-24-25-20(27)14-6-5-7-16(22)8-14/h5-12H,1-4H3,(H,25,27)/b24-12-. The molecule has 2 aromatic carbocycles. The number of rotatable bonds is 3. The Hall–Kier alpha value is -2.47. The lowest BCUT2D eigenvalue weighted by Gasteiger charge is -2.40. The van der Waals surface area contributed by atoms with Crippen molar-refractivity contribution in [1.29, 1.82) is 0 Å². The largest absolute Gasteiger partial charge is 0.365 e. The van der Waals surface area contributed by atoms with E-state index in [-0.39, 0.29) is 17.3 Å². The molecule has 0 radical (unpaired) electrons. The van der Waals surface area contributed by atoms with E-state index in [0.717, 1.165) is 21.3 Å². The maximum atomic E-state index is 14.6. The van der Waals surface area contributed by atoms with Crippen molar-refractivity contribution in [2.45, 2.75) is 26.3 Å². The summed E-state index contributed by atoms with van der Waals surface area (Å²) in [5, 5.41) is 3.92. The molecule has 27 heavy (non-hydrogen) atoms. The van der Waals surface area contributed by atoms with E-state index in [9.17, 15) is 9.18 Å². The van der Waals surface area contributed by atoms with E-state index in [2.05, 4.69) is 46.4 Å². The summed E-state index contributed by atoms with van der Waals surface area (Å²) in [6.45, 7) is 6.19. The molecule has 0 aromatic heterocycles. The van der Waals surface area contributed by atoms with E-state index in [1.165, 1.54) is 12.3 Å². The number of carbonyl (C=O) groups is 1. The lowest BCUT2D eigenvalue weighted by molar-refractivity contribution is 0.0955. The Morgan fingerprint density at radius 1 is 1.30 bits per heavy atom. The second-order valence-corrected chi connectivity index (χ2v) is 8.06. The van der Waals surface area contributed by atoms with Crippen LogP contribution in [0.5, 0.6) is 0 Å². The molecule has 1 heterocycles. The highest BCUT2D eigenvalue weighted by atomic mass is 79.9. The lowest BCUT2D eigenvalue weighted by Crippen LogP contribution is -2.42. The van der Waals surface area contributed by atoms with Crippen LogP contribution in [0.3, 0.4) is 0 Å². The molecule has 2 aromatic rings. The zero-order valence-corrected chi connectivity index (χ0v) is 17.3. The Balaban J connectivity index is 1.83. The summed E-state index contributed by atoms with van der Waals surface area (Å²) in [6, 6.07) is 10.2. The number of nitrogens with zero attached hydrogens (tertiary/aromatic N) is 2. The first-order valence-corrected chi connectivity index (χ1v) is 9.34. The number of carbonyl (C=O) groups excluding carboxylic acids is 1. The molecule has 1 amide bonds. The van der Waals surface area contributed by atoms with Crippen LogP contribution >= 0.6 is 15.9 Å². The molecule has 0 aliphatic carbocycles. The van der Waals surface area contributed by atoms with Gasteiger partial charge < -0.3 is 4.90 Å². The summed E-state index contributed by atoms with van der Waals surface area (Å²) in [4.78, 5) is 14.2. The molecule has 1 N–H and O–H groups in total. The van der Waals surface area contributed by atoms with Crippen molar-refractivity contribution in [3.05, 3.63) is 69.5 Å². The van der Waals surface area contributed by atoms with Gasteiger partial charge in [-0.3, -0.25) is 4.79 Å². The number of nitrogens with one attached hydrogen (secondary N) is 1. The van der Waals surface area contributed by atoms with Crippen LogP contribution < -0.4 is 10.3 Å². The zero-order valence-electron chi connectivity index (χ0n) is 15.7. The van der Waals surface area contributed by atoms with E-state index in [0.29, 0.717) is 11.1 Å². The summed E-state index contributed by atoms with van der Waals surface area (Å²) in [7, 11) is 1.95. The average Bonchev–Trinajstić information content (AvgIpc) is 2.60. The van der Waals surface area contributed by atoms with Crippen molar-refractivity contribution in [1.82, 2.24) is 5.43 Å². The van der Waals surface area contributed by atoms with Crippen molar-refractivity contribution in [2.24, 2.45) is 5.10 Å². The third-order valence-corrected chi connectivity index (χ3v) is 5.29. The molecule has 0 atom stereocenters. The van der Waals surface area contributed by atoms with Crippen LogP contribution in [0.15, 0.2) is 52.0 Å². The highest BCUT2D eigenvalue weighted by molar-refractivity contribution is 9.10. The molecule has 6 heteroatoms. The second kappa shape index (κ2) is 7.27. The average molecular weight is 430 g/mol. The second-order valence-electron chi connectivity index (χ2n) is 7.14. The minimum Gasteiger partial charge on any atom is -0.365 e. The molecule has 140 valence electrons. The van der Waals surface area contributed by atoms with Crippen LogP contribution in [0.2, 0.25) is 0 Å². The lowest BCUT2D eigenvalue weighted by atomic mass is 9.88. The van der Waals surface area contributed by atoms with Crippen LogP contribution in [-0.2, 0) is 0 Å². The van der Waals surface area contributed by atoms with Gasteiger partial charge in [0.25, 0.3) is 5.91 Å². The van der Waals surface area contributed by atoms with Gasteiger partial charge >= 0.3 is 0 Å². The third kappa shape index (κ3) is 3.95. The van der Waals surface area contributed by atoms with Gasteiger partial charge in [-0.15, -0.1) is 0 Å². The molecule has 0 bridgehead atoms. The van der Waals surface area contributed by atoms with Gasteiger partial charge in [0.1, 0.15) is 5.82 Å². The van der Waals surface area contributed by atoms with E-state index < -0.39 is 0 Å². The van der Waals surface area contributed by atoms with Crippen molar-refractivity contribution >= 4 is 39.3 Å². The minimum atomic E-state index is -0.383. The van der Waals surface area contributed by atoms with E-state index in [1.807, 2.05) is 24.9 Å². The summed E-state index contributed by atoms with van der Waals surface area (Å²) in [6.07, 6.45) is 3.49. The van der Waals surface area contributed by atoms with Gasteiger partial charge in [0, 0.05) is 33.9 Å². The Morgan fingerprint density at radius 3 is 2.74 bits per heavy atom. The molecule has 0 fully saturated rings. The number of likely N-dealkylation sites (N-methyl/N-ethyl adjacent to an activating group) is 1. The number of amides is 1. The third-order valence-electron chi connectivity index (χ3n) is 4.79.